The predicted molar refractivity (Wildman–Crippen MR) is 121 cm³/mol. The molecule has 156 valence electrons. The fourth-order valence-corrected chi connectivity index (χ4v) is 4.53. The molecule has 1 aliphatic rings. The van der Waals surface area contributed by atoms with Crippen molar-refractivity contribution < 1.29 is 4.79 Å². The van der Waals surface area contributed by atoms with Crippen molar-refractivity contribution >= 4 is 29.3 Å². The van der Waals surface area contributed by atoms with E-state index in [1.165, 1.54) is 24.6 Å². The fourth-order valence-electron chi connectivity index (χ4n) is 3.53. The van der Waals surface area contributed by atoms with Crippen molar-refractivity contribution in [2.75, 3.05) is 31.9 Å². The number of hydrogen-bond acceptors (Lipinski definition) is 5. The largest absolute Gasteiger partial charge is 0.354 e. The number of benzene rings is 2. The van der Waals surface area contributed by atoms with E-state index in [4.69, 9.17) is 11.6 Å². The van der Waals surface area contributed by atoms with Gasteiger partial charge < -0.3 is 10.2 Å². The van der Waals surface area contributed by atoms with Gasteiger partial charge in [-0.2, -0.15) is 0 Å². The Morgan fingerprint density at radius 3 is 2.53 bits per heavy atom. The van der Waals surface area contributed by atoms with E-state index in [0.29, 0.717) is 22.5 Å². The number of aromatic nitrogens is 3. The lowest BCUT2D eigenvalue weighted by Gasteiger charge is -2.14. The highest BCUT2D eigenvalue weighted by molar-refractivity contribution is 7.99. The zero-order valence-corrected chi connectivity index (χ0v) is 18.2. The fraction of sp³-hybridized carbons (Fsp3) is 0.318. The summed E-state index contributed by atoms with van der Waals surface area (Å²) in [5.41, 5.74) is 1.73. The van der Waals surface area contributed by atoms with Crippen LogP contribution in [0.4, 0.5) is 0 Å². The summed E-state index contributed by atoms with van der Waals surface area (Å²) in [5, 5.41) is 13.0. The average Bonchev–Trinajstić information content (AvgIpc) is 3.43. The Hall–Kier alpha value is -2.35. The first-order valence-corrected chi connectivity index (χ1v) is 11.5. The summed E-state index contributed by atoms with van der Waals surface area (Å²) < 4.78 is 1.95. The van der Waals surface area contributed by atoms with Crippen LogP contribution in [0.5, 0.6) is 0 Å². The molecule has 1 aliphatic heterocycles. The number of para-hydroxylation sites is 1. The first-order valence-electron chi connectivity index (χ1n) is 10.1. The first-order chi connectivity index (χ1) is 14.7. The van der Waals surface area contributed by atoms with Crippen molar-refractivity contribution in [2.24, 2.45) is 0 Å². The minimum atomic E-state index is 0.00102. The highest BCUT2D eigenvalue weighted by atomic mass is 35.5. The number of hydrogen-bond donors (Lipinski definition) is 1. The van der Waals surface area contributed by atoms with Crippen LogP contribution >= 0.6 is 23.4 Å². The molecule has 30 heavy (non-hydrogen) atoms. The third kappa shape index (κ3) is 5.03. The zero-order valence-electron chi connectivity index (χ0n) is 16.6. The topological polar surface area (TPSA) is 63.1 Å². The van der Waals surface area contributed by atoms with E-state index in [-0.39, 0.29) is 11.7 Å². The van der Waals surface area contributed by atoms with Gasteiger partial charge >= 0.3 is 0 Å². The molecule has 0 unspecified atom stereocenters. The molecule has 8 heteroatoms. The molecule has 2 aromatic carbocycles. The molecule has 3 aromatic rings. The van der Waals surface area contributed by atoms with Crippen LogP contribution in [0.3, 0.4) is 0 Å². The summed E-state index contributed by atoms with van der Waals surface area (Å²) >= 11 is 7.78. The second kappa shape index (κ2) is 10.1. The molecule has 2 heterocycles. The lowest BCUT2D eigenvalue weighted by Crippen LogP contribution is -2.34. The Kier molecular flexibility index (Phi) is 7.04. The number of halogens is 1. The number of nitrogens with zero attached hydrogens (tertiary/aromatic N) is 4. The number of thioether (sulfide) groups is 1. The smallest absolute Gasteiger partial charge is 0.230 e. The van der Waals surface area contributed by atoms with E-state index in [2.05, 4.69) is 20.4 Å². The molecule has 0 bridgehead atoms. The van der Waals surface area contributed by atoms with Crippen LogP contribution in [0.25, 0.3) is 17.1 Å². The molecule has 0 saturated carbocycles. The van der Waals surface area contributed by atoms with Gasteiger partial charge in [-0.05, 0) is 50.2 Å². The molecule has 0 aliphatic carbocycles. The normalized spacial score (nSPS) is 14.2. The van der Waals surface area contributed by atoms with Gasteiger partial charge in [-0.15, -0.1) is 10.2 Å². The quantitative estimate of drug-likeness (QED) is 0.537. The molecule has 4 rings (SSSR count). The van der Waals surface area contributed by atoms with Gasteiger partial charge in [0, 0.05) is 24.3 Å². The summed E-state index contributed by atoms with van der Waals surface area (Å²) in [5.74, 6) is 0.942. The van der Waals surface area contributed by atoms with Gasteiger partial charge in [0.15, 0.2) is 11.0 Å². The predicted octanol–water partition coefficient (Wildman–Crippen LogP) is 3.89. The van der Waals surface area contributed by atoms with Crippen LogP contribution in [0.2, 0.25) is 5.02 Å². The Balaban J connectivity index is 1.48. The molecular formula is C22H24ClN5OS. The Labute approximate surface area is 185 Å². The maximum Gasteiger partial charge on any atom is 0.230 e. The molecule has 1 saturated heterocycles. The van der Waals surface area contributed by atoms with Crippen molar-refractivity contribution in [3.63, 3.8) is 0 Å². The molecule has 1 aromatic heterocycles. The molecule has 0 radical (unpaired) electrons. The minimum Gasteiger partial charge on any atom is -0.354 e. The van der Waals surface area contributed by atoms with Gasteiger partial charge in [-0.25, -0.2) is 0 Å². The monoisotopic (exact) mass is 441 g/mol. The van der Waals surface area contributed by atoms with E-state index < -0.39 is 0 Å². The second-order valence-corrected chi connectivity index (χ2v) is 8.49. The maximum absolute atomic E-state index is 12.3. The second-order valence-electron chi connectivity index (χ2n) is 7.14. The average molecular weight is 442 g/mol. The summed E-state index contributed by atoms with van der Waals surface area (Å²) in [7, 11) is 0. The van der Waals surface area contributed by atoms with Crippen LogP contribution in [0.1, 0.15) is 12.8 Å². The number of carbonyl (C=O) groups is 1. The van der Waals surface area contributed by atoms with E-state index in [0.717, 1.165) is 30.9 Å². The Bertz CT molecular complexity index is 988. The van der Waals surface area contributed by atoms with Crippen molar-refractivity contribution in [3.8, 4) is 17.1 Å². The van der Waals surface area contributed by atoms with Crippen LogP contribution < -0.4 is 5.32 Å². The Morgan fingerprint density at radius 1 is 1.03 bits per heavy atom. The molecular weight excluding hydrogens is 418 g/mol. The van der Waals surface area contributed by atoms with Crippen LogP contribution in [-0.4, -0.2) is 57.5 Å². The first kappa shape index (κ1) is 20.9. The highest BCUT2D eigenvalue weighted by Gasteiger charge is 2.19. The third-order valence-electron chi connectivity index (χ3n) is 5.04. The van der Waals surface area contributed by atoms with Crippen molar-refractivity contribution in [1.29, 1.82) is 0 Å². The number of likely N-dealkylation sites (tertiary alicyclic amines) is 1. The highest BCUT2D eigenvalue weighted by Crippen LogP contribution is 2.31. The summed E-state index contributed by atoms with van der Waals surface area (Å²) in [6.45, 7) is 3.86. The van der Waals surface area contributed by atoms with Gasteiger partial charge in [-0.1, -0.05) is 53.7 Å². The van der Waals surface area contributed by atoms with E-state index >= 15 is 0 Å². The van der Waals surface area contributed by atoms with Gasteiger partial charge in [0.2, 0.25) is 5.91 Å². The zero-order chi connectivity index (χ0) is 20.8. The SMILES string of the molecule is O=C(CSc1nnc(-c2ccccc2Cl)n1-c1ccccc1)NCCN1CCCC1. The number of nitrogens with one attached hydrogen (secondary N) is 1. The molecule has 1 amide bonds. The van der Waals surface area contributed by atoms with Crippen LogP contribution in [-0.2, 0) is 4.79 Å². The molecule has 0 atom stereocenters. The van der Waals surface area contributed by atoms with Crippen molar-refractivity contribution in [2.45, 2.75) is 18.0 Å². The van der Waals surface area contributed by atoms with Gasteiger partial charge in [0.1, 0.15) is 0 Å². The summed E-state index contributed by atoms with van der Waals surface area (Å²) in [4.78, 5) is 14.7. The molecule has 6 nitrogen and oxygen atoms in total. The van der Waals surface area contributed by atoms with Crippen molar-refractivity contribution in [1.82, 2.24) is 25.0 Å². The van der Waals surface area contributed by atoms with Gasteiger partial charge in [0.05, 0.1) is 10.8 Å². The minimum absolute atomic E-state index is 0.00102. The number of amides is 1. The molecule has 1 fully saturated rings. The van der Waals surface area contributed by atoms with E-state index in [1.807, 2.05) is 59.2 Å². The van der Waals surface area contributed by atoms with Crippen molar-refractivity contribution in [3.05, 3.63) is 59.6 Å². The van der Waals surface area contributed by atoms with Gasteiger partial charge in [0.25, 0.3) is 0 Å². The maximum atomic E-state index is 12.3. The van der Waals surface area contributed by atoms with E-state index in [1.54, 1.807) is 0 Å². The number of carbonyl (C=O) groups excluding carboxylic acids is 1. The number of rotatable bonds is 8. The summed E-state index contributed by atoms with van der Waals surface area (Å²) in [6.07, 6.45) is 2.51. The lowest BCUT2D eigenvalue weighted by molar-refractivity contribution is -0.118. The third-order valence-corrected chi connectivity index (χ3v) is 6.30. The van der Waals surface area contributed by atoms with Gasteiger partial charge in [-0.3, -0.25) is 9.36 Å². The Morgan fingerprint density at radius 2 is 1.77 bits per heavy atom. The van der Waals surface area contributed by atoms with E-state index in [9.17, 15) is 4.79 Å². The summed E-state index contributed by atoms with van der Waals surface area (Å²) in [6, 6.07) is 17.4. The van der Waals surface area contributed by atoms with Crippen LogP contribution in [0, 0.1) is 0 Å². The molecule has 1 N–H and O–H groups in total. The molecule has 0 spiro atoms. The lowest BCUT2D eigenvalue weighted by atomic mass is 10.2. The van der Waals surface area contributed by atoms with Crippen LogP contribution in [0.15, 0.2) is 59.8 Å². The standard InChI is InChI=1S/C22H24ClN5OS/c23-19-11-5-4-10-18(19)21-25-26-22(28(21)17-8-2-1-3-9-17)30-16-20(29)24-12-15-27-13-6-7-14-27/h1-5,8-11H,6-7,12-16H2,(H,24,29).